The van der Waals surface area contributed by atoms with Crippen LogP contribution in [0.25, 0.3) is 0 Å². The van der Waals surface area contributed by atoms with Crippen LogP contribution in [-0.2, 0) is 23.7 Å². The number of hydrogen-bond donors (Lipinski definition) is 0. The van der Waals surface area contributed by atoms with Crippen LogP contribution in [0.15, 0.2) is 0 Å². The molecule has 0 rings (SSSR count). The zero-order chi connectivity index (χ0) is 10.6. The van der Waals surface area contributed by atoms with E-state index in [1.54, 1.807) is 7.11 Å². The van der Waals surface area contributed by atoms with Gasteiger partial charge in [-0.1, -0.05) is 0 Å². The molecule has 5 heteroatoms. The summed E-state index contributed by atoms with van der Waals surface area (Å²) in [5, 5.41) is 0. The number of methoxy groups -OCH3 is 1. The fourth-order valence-corrected chi connectivity index (χ4v) is 0.695. The minimum absolute atomic E-state index is 0.205. The molecule has 0 spiro atoms. The van der Waals surface area contributed by atoms with Gasteiger partial charge in [-0.05, 0) is 13.8 Å². The highest BCUT2D eigenvalue weighted by atomic mass is 16.8. The first-order chi connectivity index (χ1) is 6.85. The summed E-state index contributed by atoms with van der Waals surface area (Å²) in [7, 11) is 1.58. The smallest absolute Gasteiger partial charge is 0.186 e. The molecule has 0 radical (unpaired) electrons. The highest BCUT2D eigenvalue weighted by molar-refractivity contribution is 4.37. The van der Waals surface area contributed by atoms with Gasteiger partial charge in [-0.25, -0.2) is 0 Å². The third-order valence-electron chi connectivity index (χ3n) is 1.39. The molecule has 0 saturated carbocycles. The Labute approximate surface area is 85.2 Å². The molecule has 0 N–H and O–H groups in total. The van der Waals surface area contributed by atoms with Gasteiger partial charge in [0.15, 0.2) is 6.29 Å². The Hall–Kier alpha value is -0.200. The quantitative estimate of drug-likeness (QED) is 0.395. The number of hydrogen-bond acceptors (Lipinski definition) is 5. The number of ether oxygens (including phenoxy) is 5. The van der Waals surface area contributed by atoms with Crippen molar-refractivity contribution in [3.8, 4) is 0 Å². The van der Waals surface area contributed by atoms with Crippen LogP contribution >= 0.6 is 0 Å². The predicted octanol–water partition coefficient (Wildman–Crippen LogP) is 0.980. The van der Waals surface area contributed by atoms with Crippen LogP contribution < -0.4 is 0 Å². The van der Waals surface area contributed by atoms with E-state index in [4.69, 9.17) is 23.7 Å². The maximum atomic E-state index is 5.22. The van der Waals surface area contributed by atoms with E-state index in [1.165, 1.54) is 0 Å². The Kier molecular flexibility index (Phi) is 10.7. The van der Waals surface area contributed by atoms with Gasteiger partial charge in [-0.15, -0.1) is 0 Å². The Balaban J connectivity index is 3.44. The molecule has 0 aromatic heterocycles. The minimum atomic E-state index is -0.432. The van der Waals surface area contributed by atoms with Crippen molar-refractivity contribution in [2.24, 2.45) is 0 Å². The molecule has 0 aliphatic heterocycles. The Morgan fingerprint density at radius 1 is 0.929 bits per heavy atom. The molecule has 86 valence electrons. The van der Waals surface area contributed by atoms with Gasteiger partial charge >= 0.3 is 0 Å². The molecular weight excluding hydrogens is 188 g/mol. The first kappa shape index (κ1) is 13.8. The van der Waals surface area contributed by atoms with Crippen LogP contribution in [0.3, 0.4) is 0 Å². The summed E-state index contributed by atoms with van der Waals surface area (Å²) >= 11 is 0. The van der Waals surface area contributed by atoms with Gasteiger partial charge in [0.2, 0.25) is 0 Å². The largest absolute Gasteiger partial charge is 0.379 e. The number of rotatable bonds is 10. The fourth-order valence-electron chi connectivity index (χ4n) is 0.695. The second-order valence-electron chi connectivity index (χ2n) is 2.44. The van der Waals surface area contributed by atoms with Crippen molar-refractivity contribution in [3.63, 3.8) is 0 Å². The van der Waals surface area contributed by atoms with Crippen molar-refractivity contribution in [2.45, 2.75) is 20.1 Å². The summed E-state index contributed by atoms with van der Waals surface area (Å²) in [4.78, 5) is 0. The SMILES string of the molecule is CCOCOC(COC)OCOCC. The zero-order valence-corrected chi connectivity index (χ0v) is 9.15. The average Bonchev–Trinajstić information content (AvgIpc) is 2.18. The van der Waals surface area contributed by atoms with E-state index in [1.807, 2.05) is 13.8 Å². The van der Waals surface area contributed by atoms with Gasteiger partial charge in [0.05, 0.1) is 6.61 Å². The van der Waals surface area contributed by atoms with Crippen LogP contribution in [0.2, 0.25) is 0 Å². The molecule has 0 aliphatic rings. The lowest BCUT2D eigenvalue weighted by Crippen LogP contribution is -2.25. The molecule has 0 heterocycles. The van der Waals surface area contributed by atoms with Gasteiger partial charge in [0, 0.05) is 20.3 Å². The average molecular weight is 208 g/mol. The lowest BCUT2D eigenvalue weighted by Gasteiger charge is -2.17. The normalized spacial score (nSPS) is 11.1. The van der Waals surface area contributed by atoms with Crippen LogP contribution in [0.5, 0.6) is 0 Å². The first-order valence-corrected chi connectivity index (χ1v) is 4.72. The van der Waals surface area contributed by atoms with Crippen LogP contribution in [-0.4, -0.2) is 46.8 Å². The van der Waals surface area contributed by atoms with Gasteiger partial charge in [0.25, 0.3) is 0 Å². The predicted molar refractivity (Wildman–Crippen MR) is 50.8 cm³/mol. The van der Waals surface area contributed by atoms with E-state index in [0.717, 1.165) is 0 Å². The van der Waals surface area contributed by atoms with Crippen molar-refractivity contribution in [1.82, 2.24) is 0 Å². The van der Waals surface area contributed by atoms with Crippen molar-refractivity contribution in [1.29, 1.82) is 0 Å². The van der Waals surface area contributed by atoms with E-state index >= 15 is 0 Å². The monoisotopic (exact) mass is 208 g/mol. The summed E-state index contributed by atoms with van der Waals surface area (Å²) in [5.41, 5.74) is 0. The lowest BCUT2D eigenvalue weighted by atomic mass is 10.7. The summed E-state index contributed by atoms with van der Waals surface area (Å²) in [6.45, 7) is 5.80. The molecule has 0 aromatic carbocycles. The molecule has 14 heavy (non-hydrogen) atoms. The highest BCUT2D eigenvalue weighted by Gasteiger charge is 2.08. The minimum Gasteiger partial charge on any atom is -0.379 e. The summed E-state index contributed by atoms with van der Waals surface area (Å²) < 4.78 is 25.4. The maximum absolute atomic E-state index is 5.22. The third kappa shape index (κ3) is 8.40. The Morgan fingerprint density at radius 3 is 1.79 bits per heavy atom. The first-order valence-electron chi connectivity index (χ1n) is 4.72. The van der Waals surface area contributed by atoms with Crippen LogP contribution in [0.4, 0.5) is 0 Å². The summed E-state index contributed by atoms with van der Waals surface area (Å²) in [6, 6.07) is 0. The lowest BCUT2D eigenvalue weighted by molar-refractivity contribution is -0.240. The zero-order valence-electron chi connectivity index (χ0n) is 9.15. The van der Waals surface area contributed by atoms with E-state index < -0.39 is 6.29 Å². The van der Waals surface area contributed by atoms with Gasteiger partial charge < -0.3 is 23.7 Å². The van der Waals surface area contributed by atoms with Gasteiger partial charge in [-0.3, -0.25) is 0 Å². The Bertz CT molecular complexity index is 99.4. The summed E-state index contributed by atoms with van der Waals surface area (Å²) in [6.07, 6.45) is -0.432. The fraction of sp³-hybridized carbons (Fsp3) is 1.00. The second-order valence-corrected chi connectivity index (χ2v) is 2.44. The van der Waals surface area contributed by atoms with E-state index in [-0.39, 0.29) is 13.6 Å². The van der Waals surface area contributed by atoms with E-state index in [0.29, 0.717) is 19.8 Å². The molecule has 0 unspecified atom stereocenters. The van der Waals surface area contributed by atoms with Gasteiger partial charge in [0.1, 0.15) is 13.6 Å². The standard InChI is InChI=1S/C9H20O5/c1-4-11-7-13-9(6-10-3)14-8-12-5-2/h9H,4-8H2,1-3H3. The molecular formula is C9H20O5. The second kappa shape index (κ2) is 10.9. The topological polar surface area (TPSA) is 46.2 Å². The molecule has 0 saturated heterocycles. The molecule has 0 fully saturated rings. The molecule has 0 aromatic rings. The van der Waals surface area contributed by atoms with Crippen LogP contribution in [0, 0.1) is 0 Å². The summed E-state index contributed by atoms with van der Waals surface area (Å²) in [5.74, 6) is 0. The molecule has 0 aliphatic carbocycles. The van der Waals surface area contributed by atoms with Crippen molar-refractivity contribution < 1.29 is 23.7 Å². The molecule has 5 nitrogen and oxygen atoms in total. The van der Waals surface area contributed by atoms with Gasteiger partial charge in [-0.2, -0.15) is 0 Å². The van der Waals surface area contributed by atoms with Crippen molar-refractivity contribution in [3.05, 3.63) is 0 Å². The van der Waals surface area contributed by atoms with Crippen molar-refractivity contribution in [2.75, 3.05) is 40.5 Å². The molecule has 0 atom stereocenters. The molecule has 0 bridgehead atoms. The third-order valence-corrected chi connectivity index (χ3v) is 1.39. The Morgan fingerprint density at radius 2 is 1.43 bits per heavy atom. The van der Waals surface area contributed by atoms with Crippen molar-refractivity contribution >= 4 is 0 Å². The molecule has 0 amide bonds. The maximum Gasteiger partial charge on any atom is 0.186 e. The highest BCUT2D eigenvalue weighted by Crippen LogP contribution is 1.96. The van der Waals surface area contributed by atoms with E-state index in [2.05, 4.69) is 0 Å². The van der Waals surface area contributed by atoms with Crippen LogP contribution in [0.1, 0.15) is 13.8 Å². The van der Waals surface area contributed by atoms with E-state index in [9.17, 15) is 0 Å².